The summed E-state index contributed by atoms with van der Waals surface area (Å²) >= 11 is 0. The fourth-order valence-electron chi connectivity index (χ4n) is 4.77. The molecule has 0 N–H and O–H groups in total. The number of benzene rings is 2. The predicted molar refractivity (Wildman–Crippen MR) is 162 cm³/mol. The van der Waals surface area contributed by atoms with Crippen molar-refractivity contribution in [3.05, 3.63) is 104 Å². The first kappa shape index (κ1) is 38.2. The van der Waals surface area contributed by atoms with Gasteiger partial charge in [-0.3, -0.25) is 0 Å². The van der Waals surface area contributed by atoms with Crippen LogP contribution in [-0.4, -0.2) is 0 Å². The van der Waals surface area contributed by atoms with Crippen molar-refractivity contribution in [2.24, 2.45) is 11.8 Å². The van der Waals surface area contributed by atoms with Gasteiger partial charge in [0.2, 0.25) is 0 Å². The molecule has 0 bridgehead atoms. The van der Waals surface area contributed by atoms with Crippen LogP contribution in [0.1, 0.15) is 79.4 Å². The minimum Gasteiger partial charge on any atom is -0.358 e. The number of fused-ring (bicyclic) bond motifs is 4. The fourth-order valence-corrected chi connectivity index (χ4v) is 4.77. The molecule has 2 heteroatoms. The molecule has 2 aromatic rings. The van der Waals surface area contributed by atoms with Gasteiger partial charge in [0.25, 0.3) is 0 Å². The van der Waals surface area contributed by atoms with Gasteiger partial charge in [0.15, 0.2) is 0 Å². The van der Waals surface area contributed by atoms with Crippen LogP contribution in [-0.2, 0) is 53.8 Å². The van der Waals surface area contributed by atoms with Crippen LogP contribution in [0.3, 0.4) is 0 Å². The molecule has 0 aromatic heterocycles. The summed E-state index contributed by atoms with van der Waals surface area (Å²) in [4.78, 5) is 0. The molecule has 0 aliphatic heterocycles. The molecule has 0 heterocycles. The van der Waals surface area contributed by atoms with Gasteiger partial charge in [0.1, 0.15) is 0 Å². The minimum absolute atomic E-state index is 0. The van der Waals surface area contributed by atoms with E-state index < -0.39 is 0 Å². The van der Waals surface area contributed by atoms with Crippen LogP contribution in [0.25, 0.3) is 33.4 Å². The van der Waals surface area contributed by atoms with E-state index in [2.05, 4.69) is 94.8 Å². The molecule has 0 radical (unpaired) electrons. The Morgan fingerprint density at radius 1 is 0.649 bits per heavy atom. The van der Waals surface area contributed by atoms with Crippen LogP contribution in [0.4, 0.5) is 0 Å². The smallest absolute Gasteiger partial charge is 0.358 e. The van der Waals surface area contributed by atoms with E-state index in [-0.39, 0.29) is 68.6 Å². The Morgan fingerprint density at radius 3 is 1.54 bits per heavy atom. The molecule has 2 aromatic carbocycles. The molecule has 0 nitrogen and oxygen atoms in total. The van der Waals surface area contributed by atoms with E-state index in [1.54, 1.807) is 5.57 Å². The molecule has 196 valence electrons. The summed E-state index contributed by atoms with van der Waals surface area (Å²) in [5.41, 5.74) is 14.3. The summed E-state index contributed by atoms with van der Waals surface area (Å²) in [5.74, 6) is 1.35. The number of hydrogen-bond donors (Lipinski definition) is 0. The second-order valence-electron chi connectivity index (χ2n) is 9.06. The molecular formula is C35H47WY. The molecule has 0 saturated carbocycles. The Labute approximate surface area is 269 Å². The van der Waals surface area contributed by atoms with E-state index in [9.17, 15) is 0 Å². The average Bonchev–Trinajstić information content (AvgIpc) is 3.54. The predicted octanol–water partition coefficient (Wildman–Crippen LogP) is 11.2. The third-order valence-corrected chi connectivity index (χ3v) is 7.10. The number of allylic oxidation sites excluding steroid dienone is 8. The molecule has 0 spiro atoms. The van der Waals surface area contributed by atoms with Crippen LogP contribution >= 0.6 is 0 Å². The second-order valence-corrected chi connectivity index (χ2v) is 9.06. The van der Waals surface area contributed by atoms with Crippen molar-refractivity contribution >= 4 is 11.1 Å². The molecule has 5 rings (SSSR count). The maximum atomic E-state index is 2.40. The van der Waals surface area contributed by atoms with Gasteiger partial charge < -0.3 is 14.9 Å². The summed E-state index contributed by atoms with van der Waals surface area (Å²) in [5, 5.41) is 0. The van der Waals surface area contributed by atoms with Crippen LogP contribution < -0.4 is 0 Å². The van der Waals surface area contributed by atoms with Crippen molar-refractivity contribution in [3.63, 3.8) is 0 Å². The zero-order valence-corrected chi connectivity index (χ0v) is 30.7. The zero-order valence-electron chi connectivity index (χ0n) is 24.9. The standard InChI is InChI=1S/C29H29.2C2H6.2CH3.W.Y/c1-5-20-6-7-22(14-20)24-10-12-26-28(16-24)27-13-11-25(17-29(26)27)23-9-8-21(15-23)19(4)18(2)3;2*1-2;;;;/h5-13,16-19H,14-15H2,1-4H3;2*1-2H3;2*1H3;;/q-1;;;2*-1;;+3. The minimum atomic E-state index is 0. The molecule has 37 heavy (non-hydrogen) atoms. The third-order valence-electron chi connectivity index (χ3n) is 7.10. The first-order valence-electron chi connectivity index (χ1n) is 12.9. The van der Waals surface area contributed by atoms with Crippen molar-refractivity contribution < 1.29 is 53.8 Å². The largest absolute Gasteiger partial charge is 3.00 e. The summed E-state index contributed by atoms with van der Waals surface area (Å²) in [6, 6.07) is 14.0. The number of hydrogen-bond acceptors (Lipinski definition) is 0. The topological polar surface area (TPSA) is 0 Å². The zero-order chi connectivity index (χ0) is 24.1. The van der Waals surface area contributed by atoms with Gasteiger partial charge in [-0.15, -0.1) is 13.0 Å². The van der Waals surface area contributed by atoms with Gasteiger partial charge in [-0.2, -0.15) is 0 Å². The summed E-state index contributed by atoms with van der Waals surface area (Å²) < 4.78 is 0. The van der Waals surface area contributed by atoms with Gasteiger partial charge >= 0.3 is 32.7 Å². The van der Waals surface area contributed by atoms with Gasteiger partial charge in [-0.25, -0.2) is 18.1 Å². The monoisotopic (exact) mass is 740 g/mol. The summed E-state index contributed by atoms with van der Waals surface area (Å²) in [7, 11) is 0. The van der Waals surface area contributed by atoms with Crippen molar-refractivity contribution in [1.29, 1.82) is 0 Å². The van der Waals surface area contributed by atoms with Crippen molar-refractivity contribution in [2.45, 2.75) is 68.2 Å². The number of rotatable bonds is 5. The second kappa shape index (κ2) is 17.6. The van der Waals surface area contributed by atoms with Gasteiger partial charge in [0.05, 0.1) is 0 Å². The Hall–Kier alpha value is -0.938. The van der Waals surface area contributed by atoms with E-state index >= 15 is 0 Å². The maximum Gasteiger partial charge on any atom is 3.00 e. The molecule has 0 amide bonds. The molecule has 1 atom stereocenters. The Bertz CT molecular complexity index is 1130. The summed E-state index contributed by atoms with van der Waals surface area (Å²) in [6.07, 6.45) is 13.6. The third kappa shape index (κ3) is 8.04. The first-order chi connectivity index (χ1) is 16.0. The molecule has 3 aliphatic rings. The van der Waals surface area contributed by atoms with Crippen molar-refractivity contribution in [1.82, 2.24) is 0 Å². The molecule has 0 fully saturated rings. The van der Waals surface area contributed by atoms with Crippen LogP contribution in [0.2, 0.25) is 0 Å². The maximum absolute atomic E-state index is 2.40. The molecule has 3 aliphatic carbocycles. The quantitative estimate of drug-likeness (QED) is 0.229. The Balaban J connectivity index is 0. The van der Waals surface area contributed by atoms with Crippen LogP contribution in [0, 0.1) is 33.1 Å². The first-order valence-corrected chi connectivity index (χ1v) is 12.9. The van der Waals surface area contributed by atoms with Gasteiger partial charge in [-0.05, 0) is 75.8 Å². The van der Waals surface area contributed by atoms with Crippen LogP contribution in [0.5, 0.6) is 0 Å². The van der Waals surface area contributed by atoms with Crippen LogP contribution in [0.15, 0.2) is 71.8 Å². The van der Waals surface area contributed by atoms with E-state index in [1.807, 2.05) is 27.7 Å². The van der Waals surface area contributed by atoms with E-state index in [1.165, 1.54) is 50.1 Å². The Morgan fingerprint density at radius 2 is 1.11 bits per heavy atom. The fraction of sp³-hybridized carbons (Fsp3) is 0.343. The summed E-state index contributed by atoms with van der Waals surface area (Å²) in [6.45, 7) is 17.1. The molecular weight excluding hydrogens is 693 g/mol. The Kier molecular flexibility index (Phi) is 18.2. The molecule has 1 unspecified atom stereocenters. The van der Waals surface area contributed by atoms with Crippen molar-refractivity contribution in [3.8, 4) is 22.3 Å². The molecule has 0 saturated heterocycles. The van der Waals surface area contributed by atoms with Gasteiger partial charge in [-0.1, -0.05) is 96.0 Å². The van der Waals surface area contributed by atoms with E-state index in [0.29, 0.717) is 11.8 Å². The SMILES string of the molecule is CC.CC.C[CH-]C1=CC=C(c2ccc3c(c2)-c2ccc(C4=CC=C(C(C)C(C)C)C4)cc2-3)C1.[CH3-].[CH3-].[W].[Y+3]. The van der Waals surface area contributed by atoms with Gasteiger partial charge in [0, 0.05) is 21.1 Å². The normalized spacial score (nSPS) is 14.2. The van der Waals surface area contributed by atoms with E-state index in [4.69, 9.17) is 0 Å². The van der Waals surface area contributed by atoms with Crippen molar-refractivity contribution in [2.75, 3.05) is 0 Å². The van der Waals surface area contributed by atoms with E-state index in [0.717, 1.165) is 12.8 Å². The average molecular weight is 741 g/mol.